The Balaban J connectivity index is 1.73. The van der Waals surface area contributed by atoms with Crippen LogP contribution in [0.15, 0.2) is 10.6 Å². The van der Waals surface area contributed by atoms with Crippen LogP contribution in [0.4, 0.5) is 0 Å². The topological polar surface area (TPSA) is 104 Å². The van der Waals surface area contributed by atoms with Crippen molar-refractivity contribution in [2.24, 2.45) is 11.3 Å². The maximum absolute atomic E-state index is 12.4. The highest BCUT2D eigenvalue weighted by Gasteiger charge is 2.59. The van der Waals surface area contributed by atoms with Crippen LogP contribution in [0.3, 0.4) is 0 Å². The molecule has 2 atom stereocenters. The van der Waals surface area contributed by atoms with Crippen molar-refractivity contribution in [1.29, 1.82) is 0 Å². The largest absolute Gasteiger partial charge is 0.481 e. The van der Waals surface area contributed by atoms with E-state index in [0.717, 1.165) is 0 Å². The Bertz CT molecular complexity index is 670. The van der Waals surface area contributed by atoms with Gasteiger partial charge in [-0.3, -0.25) is 14.4 Å². The van der Waals surface area contributed by atoms with Gasteiger partial charge in [-0.05, 0) is 6.92 Å². The standard InChI is InChI=1S/C15H19N3O5/c1-9-3-12(23-16-9)4-13(20)18-6-11-5-17(10(2)19)7-15(11,8-18)14(21)22/h3,11H,4-8H2,1-2H3,(H,21,22)/t11-,15-/m1/s1. The van der Waals surface area contributed by atoms with E-state index < -0.39 is 11.4 Å². The number of rotatable bonds is 3. The summed E-state index contributed by atoms with van der Waals surface area (Å²) >= 11 is 0. The number of likely N-dealkylation sites (tertiary alicyclic amines) is 2. The van der Waals surface area contributed by atoms with Crippen molar-refractivity contribution in [1.82, 2.24) is 15.0 Å². The third-order valence-corrected chi connectivity index (χ3v) is 4.84. The van der Waals surface area contributed by atoms with E-state index in [1.807, 2.05) is 0 Å². The second-order valence-corrected chi connectivity index (χ2v) is 6.44. The van der Waals surface area contributed by atoms with Crippen LogP contribution in [0.1, 0.15) is 18.4 Å². The van der Waals surface area contributed by atoms with Crippen LogP contribution in [0.2, 0.25) is 0 Å². The van der Waals surface area contributed by atoms with Gasteiger partial charge in [-0.25, -0.2) is 0 Å². The van der Waals surface area contributed by atoms with Crippen molar-refractivity contribution < 1.29 is 24.0 Å². The highest BCUT2D eigenvalue weighted by atomic mass is 16.5. The van der Waals surface area contributed by atoms with E-state index in [1.165, 1.54) is 6.92 Å². The Morgan fingerprint density at radius 3 is 2.52 bits per heavy atom. The van der Waals surface area contributed by atoms with Gasteiger partial charge in [0.05, 0.1) is 12.1 Å². The number of hydrogen-bond acceptors (Lipinski definition) is 5. The van der Waals surface area contributed by atoms with Gasteiger partial charge in [0.1, 0.15) is 11.2 Å². The molecule has 0 saturated carbocycles. The minimum absolute atomic E-state index is 0.0691. The number of carboxylic acids is 1. The van der Waals surface area contributed by atoms with E-state index in [9.17, 15) is 19.5 Å². The van der Waals surface area contributed by atoms with Crippen LogP contribution < -0.4 is 0 Å². The predicted octanol–water partition coefficient (Wildman–Crippen LogP) is -0.0830. The third kappa shape index (κ3) is 2.58. The fourth-order valence-electron chi connectivity index (χ4n) is 3.56. The summed E-state index contributed by atoms with van der Waals surface area (Å²) in [5, 5.41) is 13.4. The minimum atomic E-state index is -1.06. The van der Waals surface area contributed by atoms with Gasteiger partial charge in [-0.15, -0.1) is 0 Å². The summed E-state index contributed by atoms with van der Waals surface area (Å²) in [7, 11) is 0. The van der Waals surface area contributed by atoms with Crippen molar-refractivity contribution in [3.8, 4) is 0 Å². The Labute approximate surface area is 133 Å². The van der Waals surface area contributed by atoms with Gasteiger partial charge in [-0.2, -0.15) is 0 Å². The summed E-state index contributed by atoms with van der Waals surface area (Å²) in [4.78, 5) is 38.9. The monoisotopic (exact) mass is 321 g/mol. The number of aliphatic carboxylic acids is 1. The summed E-state index contributed by atoms with van der Waals surface area (Å²) in [6.45, 7) is 4.23. The molecule has 2 fully saturated rings. The molecule has 124 valence electrons. The quantitative estimate of drug-likeness (QED) is 0.835. The van der Waals surface area contributed by atoms with E-state index in [1.54, 1.807) is 22.8 Å². The molecule has 1 N–H and O–H groups in total. The number of carbonyl (C=O) groups is 3. The van der Waals surface area contributed by atoms with Crippen molar-refractivity contribution in [2.75, 3.05) is 26.2 Å². The van der Waals surface area contributed by atoms with Gasteiger partial charge in [-0.1, -0.05) is 5.16 Å². The molecule has 0 aliphatic carbocycles. The van der Waals surface area contributed by atoms with Gasteiger partial charge in [0, 0.05) is 45.1 Å². The first-order valence-corrected chi connectivity index (χ1v) is 7.51. The summed E-state index contributed by atoms with van der Waals surface area (Å²) in [5.41, 5.74) is -0.358. The number of nitrogens with zero attached hydrogens (tertiary/aromatic N) is 3. The van der Waals surface area contributed by atoms with Crippen molar-refractivity contribution in [2.45, 2.75) is 20.3 Å². The molecule has 8 heteroatoms. The molecule has 0 aromatic carbocycles. The molecule has 0 radical (unpaired) electrons. The smallest absolute Gasteiger partial charge is 0.313 e. The summed E-state index contributed by atoms with van der Waals surface area (Å²) in [6, 6.07) is 1.69. The maximum Gasteiger partial charge on any atom is 0.313 e. The average Bonchev–Trinajstić information content (AvgIpc) is 3.10. The van der Waals surface area contributed by atoms with E-state index in [-0.39, 0.29) is 37.2 Å². The van der Waals surface area contributed by atoms with Crippen LogP contribution in [0.5, 0.6) is 0 Å². The van der Waals surface area contributed by atoms with Gasteiger partial charge in [0.15, 0.2) is 0 Å². The van der Waals surface area contributed by atoms with Gasteiger partial charge in [0.2, 0.25) is 11.8 Å². The Hall–Kier alpha value is -2.38. The van der Waals surface area contributed by atoms with Crippen LogP contribution in [0.25, 0.3) is 0 Å². The lowest BCUT2D eigenvalue weighted by Crippen LogP contribution is -2.43. The number of hydrogen-bond donors (Lipinski definition) is 1. The van der Waals surface area contributed by atoms with Crippen molar-refractivity contribution >= 4 is 17.8 Å². The van der Waals surface area contributed by atoms with Gasteiger partial charge >= 0.3 is 5.97 Å². The molecule has 0 unspecified atom stereocenters. The average molecular weight is 321 g/mol. The molecule has 0 spiro atoms. The lowest BCUT2D eigenvalue weighted by molar-refractivity contribution is -0.149. The van der Waals surface area contributed by atoms with Gasteiger partial charge < -0.3 is 19.4 Å². The van der Waals surface area contributed by atoms with E-state index in [4.69, 9.17) is 4.52 Å². The van der Waals surface area contributed by atoms with Crippen molar-refractivity contribution in [3.63, 3.8) is 0 Å². The second kappa shape index (κ2) is 5.36. The minimum Gasteiger partial charge on any atom is -0.481 e. The number of aryl methyl sites for hydroxylation is 1. The van der Waals surface area contributed by atoms with Crippen LogP contribution >= 0.6 is 0 Å². The Morgan fingerprint density at radius 1 is 1.35 bits per heavy atom. The first kappa shape index (κ1) is 15.5. The molecular formula is C15H19N3O5. The van der Waals surface area contributed by atoms with Crippen LogP contribution in [-0.4, -0.2) is 64.0 Å². The molecule has 0 bridgehead atoms. The summed E-state index contributed by atoms with van der Waals surface area (Å²) < 4.78 is 5.04. The van der Waals surface area contributed by atoms with E-state index in [2.05, 4.69) is 5.16 Å². The molecule has 2 aliphatic heterocycles. The number of carboxylic acid groups (broad SMARTS) is 1. The number of fused-ring (bicyclic) bond motifs is 1. The number of carbonyl (C=O) groups excluding carboxylic acids is 2. The van der Waals surface area contributed by atoms with Crippen LogP contribution in [-0.2, 0) is 20.8 Å². The fraction of sp³-hybridized carbons (Fsp3) is 0.600. The third-order valence-electron chi connectivity index (χ3n) is 4.84. The molecule has 2 saturated heterocycles. The molecule has 3 heterocycles. The van der Waals surface area contributed by atoms with Crippen molar-refractivity contribution in [3.05, 3.63) is 17.5 Å². The SMILES string of the molecule is CC(=O)N1C[C@@H]2CN(C(=O)Cc3cc(C)no3)C[C@]2(C(=O)O)C1. The molecule has 23 heavy (non-hydrogen) atoms. The maximum atomic E-state index is 12.4. The first-order chi connectivity index (χ1) is 10.8. The zero-order valence-corrected chi connectivity index (χ0v) is 13.1. The van der Waals surface area contributed by atoms with E-state index in [0.29, 0.717) is 24.5 Å². The van der Waals surface area contributed by atoms with E-state index >= 15 is 0 Å². The molecule has 2 amide bonds. The highest BCUT2D eigenvalue weighted by Crippen LogP contribution is 2.43. The lowest BCUT2D eigenvalue weighted by Gasteiger charge is -2.24. The number of aromatic nitrogens is 1. The van der Waals surface area contributed by atoms with Gasteiger partial charge in [0.25, 0.3) is 0 Å². The predicted molar refractivity (Wildman–Crippen MR) is 77.3 cm³/mol. The summed E-state index contributed by atoms with van der Waals surface area (Å²) in [5.74, 6) is -1.01. The first-order valence-electron chi connectivity index (χ1n) is 7.51. The Kier molecular flexibility index (Phi) is 3.62. The molecule has 1 aromatic heterocycles. The molecule has 8 nitrogen and oxygen atoms in total. The zero-order chi connectivity index (χ0) is 16.8. The molecule has 1 aromatic rings. The Morgan fingerprint density at radius 2 is 2.00 bits per heavy atom. The number of amides is 2. The zero-order valence-electron chi connectivity index (χ0n) is 13.1. The lowest BCUT2D eigenvalue weighted by atomic mass is 9.81. The van der Waals surface area contributed by atoms with Crippen LogP contribution in [0, 0.1) is 18.3 Å². The normalized spacial score (nSPS) is 26.4. The molecule has 3 rings (SSSR count). The second-order valence-electron chi connectivity index (χ2n) is 6.44. The highest BCUT2D eigenvalue weighted by molar-refractivity contribution is 5.84. The molecular weight excluding hydrogens is 302 g/mol. The molecule has 2 aliphatic rings. The fourth-order valence-corrected chi connectivity index (χ4v) is 3.56. The summed E-state index contributed by atoms with van der Waals surface area (Å²) in [6.07, 6.45) is 0.0691.